The zero-order valence-corrected chi connectivity index (χ0v) is 14.2. The van der Waals surface area contributed by atoms with Gasteiger partial charge in [0, 0.05) is 12.6 Å². The van der Waals surface area contributed by atoms with E-state index in [0.717, 1.165) is 29.7 Å². The normalized spacial score (nSPS) is 32.4. The van der Waals surface area contributed by atoms with E-state index in [1.54, 1.807) is 0 Å². The van der Waals surface area contributed by atoms with Crippen molar-refractivity contribution in [3.63, 3.8) is 0 Å². The molecule has 0 aromatic carbocycles. The minimum atomic E-state index is 0.774. The van der Waals surface area contributed by atoms with E-state index in [-0.39, 0.29) is 0 Å². The molecular formula is C18H36N2. The number of rotatable bonds is 6. The minimum absolute atomic E-state index is 0.774. The smallest absolute Gasteiger partial charge is 0.0126 e. The lowest BCUT2D eigenvalue weighted by Crippen LogP contribution is -2.43. The molecule has 1 saturated carbocycles. The Morgan fingerprint density at radius 2 is 1.80 bits per heavy atom. The van der Waals surface area contributed by atoms with Crippen LogP contribution in [0.3, 0.4) is 0 Å². The van der Waals surface area contributed by atoms with Gasteiger partial charge in [-0.2, -0.15) is 0 Å². The third kappa shape index (κ3) is 4.46. The summed E-state index contributed by atoms with van der Waals surface area (Å²) >= 11 is 0. The van der Waals surface area contributed by atoms with Crippen molar-refractivity contribution in [1.29, 1.82) is 0 Å². The number of hydrogen-bond acceptors (Lipinski definition) is 2. The van der Waals surface area contributed by atoms with Gasteiger partial charge in [-0.15, -0.1) is 0 Å². The van der Waals surface area contributed by atoms with Gasteiger partial charge < -0.3 is 5.32 Å². The molecule has 0 bridgehead atoms. The maximum Gasteiger partial charge on any atom is 0.0126 e. The molecule has 0 spiro atoms. The second-order valence-electron chi connectivity index (χ2n) is 7.96. The summed E-state index contributed by atoms with van der Waals surface area (Å²) in [5, 5.41) is 3.66. The van der Waals surface area contributed by atoms with Gasteiger partial charge in [0.2, 0.25) is 0 Å². The molecule has 2 nitrogen and oxygen atoms in total. The molecule has 2 heteroatoms. The Labute approximate surface area is 126 Å². The van der Waals surface area contributed by atoms with Gasteiger partial charge in [0.05, 0.1) is 0 Å². The van der Waals surface area contributed by atoms with Crippen molar-refractivity contribution in [3.8, 4) is 0 Å². The monoisotopic (exact) mass is 280 g/mol. The number of likely N-dealkylation sites (tertiary alicyclic amines) is 1. The fourth-order valence-electron chi connectivity index (χ4n) is 4.28. The van der Waals surface area contributed by atoms with Crippen molar-refractivity contribution in [2.45, 2.75) is 65.8 Å². The summed E-state index contributed by atoms with van der Waals surface area (Å²) in [6, 6.07) is 0.888. The first kappa shape index (κ1) is 16.3. The first-order valence-electron chi connectivity index (χ1n) is 9.02. The molecule has 0 aromatic heterocycles. The summed E-state index contributed by atoms with van der Waals surface area (Å²) in [7, 11) is 0. The molecule has 0 amide bonds. The largest absolute Gasteiger partial charge is 0.316 e. The van der Waals surface area contributed by atoms with Crippen molar-refractivity contribution in [1.82, 2.24) is 10.2 Å². The lowest BCUT2D eigenvalue weighted by molar-refractivity contribution is 0.0954. The molecule has 2 fully saturated rings. The highest BCUT2D eigenvalue weighted by Gasteiger charge is 2.35. The summed E-state index contributed by atoms with van der Waals surface area (Å²) < 4.78 is 0. The van der Waals surface area contributed by atoms with Gasteiger partial charge >= 0.3 is 0 Å². The van der Waals surface area contributed by atoms with E-state index in [9.17, 15) is 0 Å². The first-order chi connectivity index (χ1) is 9.58. The van der Waals surface area contributed by atoms with Crippen molar-refractivity contribution in [2.24, 2.45) is 23.7 Å². The van der Waals surface area contributed by atoms with Crippen LogP contribution in [0, 0.1) is 23.7 Å². The second-order valence-corrected chi connectivity index (χ2v) is 7.96. The number of nitrogens with one attached hydrogen (secondary N) is 1. The summed E-state index contributed by atoms with van der Waals surface area (Å²) in [6.07, 6.45) is 7.25. The Balaban J connectivity index is 1.78. The summed E-state index contributed by atoms with van der Waals surface area (Å²) in [5.41, 5.74) is 0. The predicted molar refractivity (Wildman–Crippen MR) is 88.0 cm³/mol. The van der Waals surface area contributed by atoms with Gasteiger partial charge in [0.1, 0.15) is 0 Å². The molecular weight excluding hydrogens is 244 g/mol. The fraction of sp³-hybridized carbons (Fsp3) is 1.00. The molecule has 1 N–H and O–H groups in total. The van der Waals surface area contributed by atoms with E-state index in [1.165, 1.54) is 58.3 Å². The molecule has 1 saturated heterocycles. The van der Waals surface area contributed by atoms with Gasteiger partial charge in [0.15, 0.2) is 0 Å². The molecule has 20 heavy (non-hydrogen) atoms. The third-order valence-corrected chi connectivity index (χ3v) is 5.41. The van der Waals surface area contributed by atoms with Crippen LogP contribution in [0.15, 0.2) is 0 Å². The van der Waals surface area contributed by atoms with Crippen LogP contribution < -0.4 is 5.32 Å². The zero-order valence-electron chi connectivity index (χ0n) is 14.2. The Kier molecular flexibility index (Phi) is 6.35. The van der Waals surface area contributed by atoms with Crippen LogP contribution in [0.1, 0.15) is 59.8 Å². The Morgan fingerprint density at radius 3 is 2.50 bits per heavy atom. The van der Waals surface area contributed by atoms with Crippen LogP contribution in [0.25, 0.3) is 0 Å². The van der Waals surface area contributed by atoms with E-state index in [4.69, 9.17) is 0 Å². The van der Waals surface area contributed by atoms with Gasteiger partial charge in [-0.25, -0.2) is 0 Å². The SMILES string of the molecule is CC(C)CNCC1CCN(C2CCCCC2C(C)C)C1. The lowest BCUT2D eigenvalue weighted by Gasteiger charge is -2.40. The second kappa shape index (κ2) is 7.79. The standard InChI is InChI=1S/C18H36N2/c1-14(2)11-19-12-16-9-10-20(13-16)18-8-6-5-7-17(18)15(3)4/h14-19H,5-13H2,1-4H3. The predicted octanol–water partition coefficient (Wildman–Crippen LogP) is 3.77. The van der Waals surface area contributed by atoms with Crippen molar-refractivity contribution in [3.05, 3.63) is 0 Å². The molecule has 2 rings (SSSR count). The van der Waals surface area contributed by atoms with Gasteiger partial charge in [-0.05, 0) is 62.6 Å². The maximum atomic E-state index is 3.66. The van der Waals surface area contributed by atoms with Crippen LogP contribution in [0.2, 0.25) is 0 Å². The number of hydrogen-bond donors (Lipinski definition) is 1. The quantitative estimate of drug-likeness (QED) is 0.797. The molecule has 1 aliphatic heterocycles. The van der Waals surface area contributed by atoms with Crippen LogP contribution in [0.4, 0.5) is 0 Å². The molecule has 2 aliphatic rings. The fourth-order valence-corrected chi connectivity index (χ4v) is 4.28. The molecule has 1 aliphatic carbocycles. The zero-order chi connectivity index (χ0) is 14.5. The van der Waals surface area contributed by atoms with Crippen molar-refractivity contribution in [2.75, 3.05) is 26.2 Å². The highest BCUT2D eigenvalue weighted by molar-refractivity contribution is 4.89. The molecule has 1 heterocycles. The van der Waals surface area contributed by atoms with E-state index in [2.05, 4.69) is 37.9 Å². The van der Waals surface area contributed by atoms with Gasteiger partial charge in [-0.1, -0.05) is 40.5 Å². The molecule has 3 atom stereocenters. The van der Waals surface area contributed by atoms with E-state index in [0.29, 0.717) is 0 Å². The van der Waals surface area contributed by atoms with Crippen LogP contribution in [-0.4, -0.2) is 37.1 Å². The first-order valence-corrected chi connectivity index (χ1v) is 9.02. The van der Waals surface area contributed by atoms with E-state index < -0.39 is 0 Å². The highest BCUT2D eigenvalue weighted by atomic mass is 15.2. The summed E-state index contributed by atoms with van der Waals surface area (Å²) in [4.78, 5) is 2.84. The van der Waals surface area contributed by atoms with Crippen LogP contribution in [0.5, 0.6) is 0 Å². The molecule has 3 unspecified atom stereocenters. The summed E-state index contributed by atoms with van der Waals surface area (Å²) in [5.74, 6) is 3.48. The average molecular weight is 280 g/mol. The Bertz CT molecular complexity index is 275. The summed E-state index contributed by atoms with van der Waals surface area (Å²) in [6.45, 7) is 14.6. The van der Waals surface area contributed by atoms with Crippen molar-refractivity contribution < 1.29 is 0 Å². The molecule has 118 valence electrons. The average Bonchev–Trinajstić information content (AvgIpc) is 2.87. The Morgan fingerprint density at radius 1 is 1.05 bits per heavy atom. The highest BCUT2D eigenvalue weighted by Crippen LogP contribution is 2.35. The third-order valence-electron chi connectivity index (χ3n) is 5.41. The minimum Gasteiger partial charge on any atom is -0.316 e. The van der Waals surface area contributed by atoms with Crippen molar-refractivity contribution >= 4 is 0 Å². The number of nitrogens with zero attached hydrogens (tertiary/aromatic N) is 1. The Hall–Kier alpha value is -0.0800. The lowest BCUT2D eigenvalue weighted by atomic mass is 9.77. The van der Waals surface area contributed by atoms with Gasteiger partial charge in [0.25, 0.3) is 0 Å². The molecule has 0 aromatic rings. The maximum absolute atomic E-state index is 3.66. The topological polar surface area (TPSA) is 15.3 Å². The van der Waals surface area contributed by atoms with E-state index in [1.807, 2.05) is 0 Å². The molecule has 0 radical (unpaired) electrons. The van der Waals surface area contributed by atoms with Crippen LogP contribution >= 0.6 is 0 Å². The van der Waals surface area contributed by atoms with Gasteiger partial charge in [-0.3, -0.25) is 4.90 Å². The van der Waals surface area contributed by atoms with Crippen LogP contribution in [-0.2, 0) is 0 Å². The van der Waals surface area contributed by atoms with E-state index >= 15 is 0 Å².